The smallest absolute Gasteiger partial charge is 0.326 e. The summed E-state index contributed by atoms with van der Waals surface area (Å²) in [6, 6.07) is 2.12. The van der Waals surface area contributed by atoms with Gasteiger partial charge in [-0.2, -0.15) is 5.26 Å². The highest BCUT2D eigenvalue weighted by atomic mass is 16.5. The van der Waals surface area contributed by atoms with E-state index in [2.05, 4.69) is 12.6 Å². The molecule has 0 aliphatic heterocycles. The molecular formula is C11H15NO2. The number of carbonyl (C=O) groups excluding carboxylic acids is 1. The second-order valence-corrected chi connectivity index (χ2v) is 3.64. The van der Waals surface area contributed by atoms with Crippen LogP contribution in [0.3, 0.4) is 0 Å². The third-order valence-corrected chi connectivity index (χ3v) is 2.64. The highest BCUT2D eigenvalue weighted by Gasteiger charge is 2.41. The number of esters is 1. The first-order valence-electron chi connectivity index (χ1n) is 4.94. The molecule has 0 spiro atoms. The fraction of sp³-hybridized carbons (Fsp3) is 0.636. The molecule has 0 N–H and O–H groups in total. The predicted molar refractivity (Wildman–Crippen MR) is 52.3 cm³/mol. The van der Waals surface area contributed by atoms with Crippen LogP contribution in [0.1, 0.15) is 32.1 Å². The summed E-state index contributed by atoms with van der Waals surface area (Å²) in [6.07, 6.45) is 5.79. The lowest BCUT2D eigenvalue weighted by Crippen LogP contribution is -2.33. The van der Waals surface area contributed by atoms with Crippen LogP contribution in [0.25, 0.3) is 0 Å². The fourth-order valence-electron chi connectivity index (χ4n) is 1.79. The Morgan fingerprint density at radius 3 is 2.64 bits per heavy atom. The van der Waals surface area contributed by atoms with Crippen molar-refractivity contribution in [2.45, 2.75) is 32.1 Å². The molecule has 0 atom stereocenters. The van der Waals surface area contributed by atoms with Crippen LogP contribution < -0.4 is 0 Å². The van der Waals surface area contributed by atoms with Crippen molar-refractivity contribution in [3.8, 4) is 6.07 Å². The zero-order chi connectivity index (χ0) is 10.4. The maximum absolute atomic E-state index is 11.6. The molecule has 0 bridgehead atoms. The average molecular weight is 193 g/mol. The summed E-state index contributed by atoms with van der Waals surface area (Å²) >= 11 is 0. The largest absolute Gasteiger partial charge is 0.460 e. The Labute approximate surface area is 84.4 Å². The van der Waals surface area contributed by atoms with Gasteiger partial charge in [-0.1, -0.05) is 31.9 Å². The Morgan fingerprint density at radius 1 is 1.50 bits per heavy atom. The Morgan fingerprint density at radius 2 is 2.14 bits per heavy atom. The minimum absolute atomic E-state index is 0.197. The topological polar surface area (TPSA) is 50.1 Å². The summed E-state index contributed by atoms with van der Waals surface area (Å²) in [4.78, 5) is 11.6. The van der Waals surface area contributed by atoms with Crippen molar-refractivity contribution in [2.75, 3.05) is 6.61 Å². The number of hydrogen-bond acceptors (Lipinski definition) is 3. The molecule has 76 valence electrons. The van der Waals surface area contributed by atoms with Crippen LogP contribution in [0.5, 0.6) is 0 Å². The SMILES string of the molecule is C=CCOC(=O)C1(C#N)CCCCC1. The van der Waals surface area contributed by atoms with Gasteiger partial charge in [0.15, 0.2) is 5.41 Å². The van der Waals surface area contributed by atoms with E-state index in [9.17, 15) is 4.79 Å². The van der Waals surface area contributed by atoms with E-state index in [1.165, 1.54) is 6.08 Å². The molecule has 1 aliphatic rings. The van der Waals surface area contributed by atoms with Gasteiger partial charge < -0.3 is 4.74 Å². The lowest BCUT2D eigenvalue weighted by Gasteiger charge is -2.27. The van der Waals surface area contributed by atoms with Crippen molar-refractivity contribution < 1.29 is 9.53 Å². The van der Waals surface area contributed by atoms with E-state index in [1.807, 2.05) is 0 Å². The Bertz CT molecular complexity index is 259. The fourth-order valence-corrected chi connectivity index (χ4v) is 1.79. The second-order valence-electron chi connectivity index (χ2n) is 3.64. The van der Waals surface area contributed by atoms with Gasteiger partial charge in [0.05, 0.1) is 6.07 Å². The minimum atomic E-state index is -0.874. The molecule has 3 heteroatoms. The van der Waals surface area contributed by atoms with Crippen molar-refractivity contribution in [1.29, 1.82) is 5.26 Å². The van der Waals surface area contributed by atoms with Crippen molar-refractivity contribution in [1.82, 2.24) is 0 Å². The van der Waals surface area contributed by atoms with E-state index in [-0.39, 0.29) is 12.6 Å². The summed E-state index contributed by atoms with van der Waals surface area (Å²) in [5.74, 6) is -0.375. The monoisotopic (exact) mass is 193 g/mol. The second kappa shape index (κ2) is 4.80. The Kier molecular flexibility index (Phi) is 3.70. The lowest BCUT2D eigenvalue weighted by molar-refractivity contribution is -0.152. The molecular weight excluding hydrogens is 178 g/mol. The number of carbonyl (C=O) groups is 1. The molecule has 14 heavy (non-hydrogen) atoms. The van der Waals surface area contributed by atoms with Gasteiger partial charge in [0.1, 0.15) is 6.61 Å². The van der Waals surface area contributed by atoms with E-state index in [0.29, 0.717) is 12.8 Å². The summed E-state index contributed by atoms with van der Waals surface area (Å²) in [6.45, 7) is 3.66. The Hall–Kier alpha value is -1.30. The van der Waals surface area contributed by atoms with Crippen molar-refractivity contribution in [2.24, 2.45) is 5.41 Å². The highest BCUT2D eigenvalue weighted by molar-refractivity contribution is 5.80. The highest BCUT2D eigenvalue weighted by Crippen LogP contribution is 2.36. The van der Waals surface area contributed by atoms with E-state index in [4.69, 9.17) is 10.00 Å². The summed E-state index contributed by atoms with van der Waals surface area (Å²) < 4.78 is 4.95. The molecule has 1 rings (SSSR count). The van der Waals surface area contributed by atoms with E-state index in [1.54, 1.807) is 0 Å². The third-order valence-electron chi connectivity index (χ3n) is 2.64. The van der Waals surface area contributed by atoms with Crippen LogP contribution >= 0.6 is 0 Å². The molecule has 1 fully saturated rings. The van der Waals surface area contributed by atoms with Crippen LogP contribution in [-0.2, 0) is 9.53 Å². The van der Waals surface area contributed by atoms with Gasteiger partial charge in [-0.15, -0.1) is 0 Å². The van der Waals surface area contributed by atoms with Crippen LogP contribution in [0, 0.1) is 16.7 Å². The molecule has 0 radical (unpaired) electrons. The number of nitrogens with zero attached hydrogens (tertiary/aromatic N) is 1. The number of rotatable bonds is 3. The maximum Gasteiger partial charge on any atom is 0.326 e. The van der Waals surface area contributed by atoms with Gasteiger partial charge in [-0.05, 0) is 12.8 Å². The molecule has 0 saturated heterocycles. The van der Waals surface area contributed by atoms with Gasteiger partial charge in [0.2, 0.25) is 0 Å². The molecule has 0 aromatic carbocycles. The van der Waals surface area contributed by atoms with Gasteiger partial charge in [-0.25, -0.2) is 0 Å². The van der Waals surface area contributed by atoms with Crippen molar-refractivity contribution in [3.05, 3.63) is 12.7 Å². The first-order chi connectivity index (χ1) is 6.75. The molecule has 0 amide bonds. The van der Waals surface area contributed by atoms with E-state index in [0.717, 1.165) is 19.3 Å². The molecule has 0 aromatic rings. The standard InChI is InChI=1S/C11H15NO2/c1-2-8-14-10(13)11(9-12)6-4-3-5-7-11/h2H,1,3-8H2. The average Bonchev–Trinajstić information content (AvgIpc) is 2.26. The van der Waals surface area contributed by atoms with Gasteiger partial charge in [0.25, 0.3) is 0 Å². The number of hydrogen-bond donors (Lipinski definition) is 0. The molecule has 1 aliphatic carbocycles. The molecule has 0 heterocycles. The molecule has 1 saturated carbocycles. The number of ether oxygens (including phenoxy) is 1. The zero-order valence-corrected chi connectivity index (χ0v) is 8.29. The summed E-state index contributed by atoms with van der Waals surface area (Å²) in [5, 5.41) is 9.03. The first-order valence-corrected chi connectivity index (χ1v) is 4.94. The van der Waals surface area contributed by atoms with Crippen LogP contribution in [-0.4, -0.2) is 12.6 Å². The van der Waals surface area contributed by atoms with Crippen LogP contribution in [0.4, 0.5) is 0 Å². The quantitative estimate of drug-likeness (QED) is 0.510. The Balaban J connectivity index is 2.63. The molecule has 3 nitrogen and oxygen atoms in total. The summed E-state index contributed by atoms with van der Waals surface area (Å²) in [7, 11) is 0. The third kappa shape index (κ3) is 2.14. The van der Waals surface area contributed by atoms with E-state index >= 15 is 0 Å². The molecule has 0 unspecified atom stereocenters. The van der Waals surface area contributed by atoms with Crippen LogP contribution in [0.2, 0.25) is 0 Å². The lowest BCUT2D eigenvalue weighted by atomic mass is 9.75. The van der Waals surface area contributed by atoms with E-state index < -0.39 is 5.41 Å². The normalized spacial score (nSPS) is 19.4. The zero-order valence-electron chi connectivity index (χ0n) is 8.29. The van der Waals surface area contributed by atoms with Gasteiger partial charge >= 0.3 is 5.97 Å². The molecule has 0 aromatic heterocycles. The maximum atomic E-state index is 11.6. The predicted octanol–water partition coefficient (Wildman–Crippen LogP) is 2.19. The minimum Gasteiger partial charge on any atom is -0.460 e. The van der Waals surface area contributed by atoms with Crippen molar-refractivity contribution >= 4 is 5.97 Å². The van der Waals surface area contributed by atoms with Gasteiger partial charge in [0, 0.05) is 0 Å². The number of nitriles is 1. The van der Waals surface area contributed by atoms with Crippen LogP contribution in [0.15, 0.2) is 12.7 Å². The van der Waals surface area contributed by atoms with Crippen molar-refractivity contribution in [3.63, 3.8) is 0 Å². The van der Waals surface area contributed by atoms with Gasteiger partial charge in [-0.3, -0.25) is 4.79 Å². The first kappa shape index (κ1) is 10.8. The summed E-state index contributed by atoms with van der Waals surface area (Å²) in [5.41, 5.74) is -0.874.